The van der Waals surface area contributed by atoms with Crippen LogP contribution in [0.2, 0.25) is 0 Å². The van der Waals surface area contributed by atoms with Crippen molar-refractivity contribution in [1.29, 1.82) is 0 Å². The van der Waals surface area contributed by atoms with Gasteiger partial charge < -0.3 is 4.98 Å². The maximum atomic E-state index is 11.8. The van der Waals surface area contributed by atoms with Gasteiger partial charge in [-0.25, -0.2) is 9.97 Å². The van der Waals surface area contributed by atoms with Crippen molar-refractivity contribution in [2.75, 3.05) is 0 Å². The Morgan fingerprint density at radius 3 is 2.94 bits per heavy atom. The number of rotatable bonds is 1. The Hall–Kier alpha value is -2.01. The lowest BCUT2D eigenvalue weighted by molar-refractivity contribution is 1.12. The first kappa shape index (κ1) is 10.2. The smallest absolute Gasteiger partial charge is 0.269 e. The second-order valence-electron chi connectivity index (χ2n) is 3.71. The lowest BCUT2D eigenvalue weighted by Gasteiger charge is -2.00. The van der Waals surface area contributed by atoms with E-state index in [4.69, 9.17) is 0 Å². The number of H-pyrrole nitrogens is 1. The summed E-state index contributed by atoms with van der Waals surface area (Å²) in [6, 6.07) is 7.48. The molecule has 84 valence electrons. The SMILES string of the molecule is Cc1cccc(-c2nc3ccsc3c(=O)[nH]2)n1. The van der Waals surface area contributed by atoms with Gasteiger partial charge >= 0.3 is 0 Å². The lowest BCUT2D eigenvalue weighted by Crippen LogP contribution is -2.08. The topological polar surface area (TPSA) is 58.6 Å². The fourth-order valence-corrected chi connectivity index (χ4v) is 2.39. The predicted octanol–water partition coefficient (Wildman–Crippen LogP) is 2.36. The molecule has 3 heterocycles. The molecule has 0 aliphatic rings. The molecule has 0 saturated heterocycles. The van der Waals surface area contributed by atoms with Crippen LogP contribution in [0.15, 0.2) is 34.4 Å². The maximum Gasteiger partial charge on any atom is 0.269 e. The number of aromatic nitrogens is 3. The van der Waals surface area contributed by atoms with E-state index in [1.807, 2.05) is 36.6 Å². The Bertz CT molecular complexity index is 745. The molecule has 0 saturated carbocycles. The van der Waals surface area contributed by atoms with Gasteiger partial charge in [0.05, 0.1) is 5.52 Å². The number of aryl methyl sites for hydroxylation is 1. The van der Waals surface area contributed by atoms with Crippen LogP contribution in [0.1, 0.15) is 5.69 Å². The largest absolute Gasteiger partial charge is 0.304 e. The van der Waals surface area contributed by atoms with E-state index in [2.05, 4.69) is 15.0 Å². The van der Waals surface area contributed by atoms with Crippen molar-refractivity contribution in [3.63, 3.8) is 0 Å². The van der Waals surface area contributed by atoms with Gasteiger partial charge in [-0.15, -0.1) is 11.3 Å². The van der Waals surface area contributed by atoms with Crippen molar-refractivity contribution in [3.05, 3.63) is 45.7 Å². The van der Waals surface area contributed by atoms with E-state index in [1.54, 1.807) is 0 Å². The van der Waals surface area contributed by atoms with Gasteiger partial charge in [-0.05, 0) is 30.5 Å². The highest BCUT2D eigenvalue weighted by Gasteiger charge is 2.07. The van der Waals surface area contributed by atoms with Gasteiger partial charge in [-0.2, -0.15) is 0 Å². The highest BCUT2D eigenvalue weighted by Crippen LogP contribution is 2.17. The molecule has 5 heteroatoms. The Morgan fingerprint density at radius 1 is 1.24 bits per heavy atom. The van der Waals surface area contributed by atoms with E-state index in [1.165, 1.54) is 11.3 Å². The number of fused-ring (bicyclic) bond motifs is 1. The zero-order valence-corrected chi connectivity index (χ0v) is 9.91. The average Bonchev–Trinajstić information content (AvgIpc) is 2.77. The van der Waals surface area contributed by atoms with Crippen molar-refractivity contribution < 1.29 is 0 Å². The molecule has 0 aromatic carbocycles. The molecule has 0 radical (unpaired) electrons. The number of hydrogen-bond acceptors (Lipinski definition) is 4. The molecule has 3 aromatic heterocycles. The van der Waals surface area contributed by atoms with Crippen LogP contribution in [0.25, 0.3) is 21.7 Å². The number of thiophene rings is 1. The lowest BCUT2D eigenvalue weighted by atomic mass is 10.3. The van der Waals surface area contributed by atoms with E-state index in [-0.39, 0.29) is 5.56 Å². The highest BCUT2D eigenvalue weighted by atomic mass is 32.1. The fourth-order valence-electron chi connectivity index (χ4n) is 1.67. The molecule has 0 spiro atoms. The van der Waals surface area contributed by atoms with Gasteiger partial charge in [-0.3, -0.25) is 4.79 Å². The molecule has 0 unspecified atom stereocenters. The zero-order chi connectivity index (χ0) is 11.8. The minimum absolute atomic E-state index is 0.108. The van der Waals surface area contributed by atoms with Gasteiger partial charge in [0, 0.05) is 5.69 Å². The third-order valence-corrected chi connectivity index (χ3v) is 3.35. The third-order valence-electron chi connectivity index (χ3n) is 2.45. The van der Waals surface area contributed by atoms with Crippen LogP contribution >= 0.6 is 11.3 Å². The van der Waals surface area contributed by atoms with Crippen LogP contribution in [0.5, 0.6) is 0 Å². The van der Waals surface area contributed by atoms with E-state index in [0.29, 0.717) is 16.2 Å². The Labute approximate surface area is 101 Å². The summed E-state index contributed by atoms with van der Waals surface area (Å²) in [5.41, 5.74) is 2.20. The molecule has 3 aromatic rings. The first-order valence-electron chi connectivity index (χ1n) is 5.15. The maximum absolute atomic E-state index is 11.8. The average molecular weight is 243 g/mol. The van der Waals surface area contributed by atoms with Gasteiger partial charge in [0.2, 0.25) is 0 Å². The quantitative estimate of drug-likeness (QED) is 0.713. The molecule has 4 nitrogen and oxygen atoms in total. The van der Waals surface area contributed by atoms with Crippen molar-refractivity contribution >= 4 is 21.6 Å². The van der Waals surface area contributed by atoms with Crippen LogP contribution in [-0.4, -0.2) is 15.0 Å². The summed E-state index contributed by atoms with van der Waals surface area (Å²) < 4.78 is 0.654. The first-order chi connectivity index (χ1) is 8.24. The standard InChI is InChI=1S/C12H9N3OS/c1-7-3-2-4-9(13-7)11-14-8-5-6-17-10(8)12(16)15-11/h2-6H,1H3,(H,14,15,16). The van der Waals surface area contributed by atoms with Gasteiger partial charge in [-0.1, -0.05) is 6.07 Å². The Balaban J connectivity index is 2.27. The molecule has 0 aliphatic carbocycles. The monoisotopic (exact) mass is 243 g/mol. The molecular weight excluding hydrogens is 234 g/mol. The number of aromatic amines is 1. The van der Waals surface area contributed by atoms with Crippen molar-refractivity contribution in [3.8, 4) is 11.5 Å². The molecule has 3 rings (SSSR count). The molecule has 0 atom stereocenters. The van der Waals surface area contributed by atoms with Gasteiger partial charge in [0.15, 0.2) is 5.82 Å². The molecule has 0 aliphatic heterocycles. The van der Waals surface area contributed by atoms with E-state index in [0.717, 1.165) is 11.2 Å². The Morgan fingerprint density at radius 2 is 2.12 bits per heavy atom. The summed E-state index contributed by atoms with van der Waals surface area (Å²) in [4.78, 5) is 23.3. The molecule has 1 N–H and O–H groups in total. The summed E-state index contributed by atoms with van der Waals surface area (Å²) in [6.07, 6.45) is 0. The summed E-state index contributed by atoms with van der Waals surface area (Å²) in [6.45, 7) is 1.91. The predicted molar refractivity (Wildman–Crippen MR) is 68.2 cm³/mol. The molecule has 0 fully saturated rings. The summed E-state index contributed by atoms with van der Waals surface area (Å²) in [7, 11) is 0. The number of nitrogens with one attached hydrogen (secondary N) is 1. The Kier molecular flexibility index (Phi) is 2.26. The van der Waals surface area contributed by atoms with Crippen LogP contribution in [0.3, 0.4) is 0 Å². The molecular formula is C12H9N3OS. The van der Waals surface area contributed by atoms with Crippen LogP contribution in [-0.2, 0) is 0 Å². The minimum Gasteiger partial charge on any atom is -0.304 e. The third kappa shape index (κ3) is 1.74. The zero-order valence-electron chi connectivity index (χ0n) is 9.10. The number of pyridine rings is 1. The number of hydrogen-bond donors (Lipinski definition) is 1. The highest BCUT2D eigenvalue weighted by molar-refractivity contribution is 7.17. The van der Waals surface area contributed by atoms with Crippen molar-refractivity contribution in [2.24, 2.45) is 0 Å². The summed E-state index contributed by atoms with van der Waals surface area (Å²) >= 11 is 1.39. The summed E-state index contributed by atoms with van der Waals surface area (Å²) in [5.74, 6) is 0.518. The van der Waals surface area contributed by atoms with E-state index in [9.17, 15) is 4.79 Å². The van der Waals surface area contributed by atoms with Crippen molar-refractivity contribution in [2.45, 2.75) is 6.92 Å². The normalized spacial score (nSPS) is 10.9. The minimum atomic E-state index is -0.108. The van der Waals surface area contributed by atoms with E-state index >= 15 is 0 Å². The molecule has 0 amide bonds. The first-order valence-corrected chi connectivity index (χ1v) is 6.03. The second-order valence-corrected chi connectivity index (χ2v) is 4.63. The van der Waals surface area contributed by atoms with Crippen LogP contribution < -0.4 is 5.56 Å². The fraction of sp³-hybridized carbons (Fsp3) is 0.0833. The van der Waals surface area contributed by atoms with E-state index < -0.39 is 0 Å². The van der Waals surface area contributed by atoms with Gasteiger partial charge in [0.1, 0.15) is 10.4 Å². The summed E-state index contributed by atoms with van der Waals surface area (Å²) in [5, 5.41) is 1.86. The van der Waals surface area contributed by atoms with Crippen LogP contribution in [0, 0.1) is 6.92 Å². The van der Waals surface area contributed by atoms with Gasteiger partial charge in [0.25, 0.3) is 5.56 Å². The molecule has 0 bridgehead atoms. The van der Waals surface area contributed by atoms with Crippen LogP contribution in [0.4, 0.5) is 0 Å². The van der Waals surface area contributed by atoms with Crippen molar-refractivity contribution in [1.82, 2.24) is 15.0 Å². The second kappa shape index (κ2) is 3.78. The number of nitrogens with zero attached hydrogens (tertiary/aromatic N) is 2. The molecule has 17 heavy (non-hydrogen) atoms.